The summed E-state index contributed by atoms with van der Waals surface area (Å²) in [5.74, 6) is 0. The molecule has 0 spiro atoms. The molecule has 0 aliphatic carbocycles. The first-order valence-corrected chi connectivity index (χ1v) is 7.20. The van der Waals surface area contributed by atoms with Crippen molar-refractivity contribution in [3.05, 3.63) is 41.5 Å². The minimum absolute atomic E-state index is 0.941. The fourth-order valence-corrected chi connectivity index (χ4v) is 3.60. The van der Waals surface area contributed by atoms with E-state index in [1.54, 1.807) is 22.7 Å². The Kier molecular flexibility index (Phi) is 2.15. The van der Waals surface area contributed by atoms with Crippen LogP contribution in [0.25, 0.3) is 31.7 Å². The van der Waals surface area contributed by atoms with Crippen molar-refractivity contribution in [1.29, 1.82) is 0 Å². The van der Waals surface area contributed by atoms with Crippen molar-refractivity contribution < 1.29 is 0 Å². The van der Waals surface area contributed by atoms with Gasteiger partial charge in [-0.3, -0.25) is 4.98 Å². The van der Waals surface area contributed by atoms with Gasteiger partial charge < -0.3 is 0 Å². The van der Waals surface area contributed by atoms with Gasteiger partial charge >= 0.3 is 0 Å². The second-order valence-electron chi connectivity index (χ2n) is 3.86. The van der Waals surface area contributed by atoms with E-state index in [-0.39, 0.29) is 0 Å². The van der Waals surface area contributed by atoms with Crippen LogP contribution in [-0.4, -0.2) is 15.0 Å². The van der Waals surface area contributed by atoms with Crippen LogP contribution in [-0.2, 0) is 0 Å². The molecule has 5 heteroatoms. The Bertz CT molecular complexity index is 775. The van der Waals surface area contributed by atoms with Crippen LogP contribution in [0.4, 0.5) is 0 Å². The molecule has 0 aliphatic heterocycles. The van der Waals surface area contributed by atoms with E-state index >= 15 is 0 Å². The van der Waals surface area contributed by atoms with Crippen LogP contribution in [0, 0.1) is 0 Å². The molecule has 0 aliphatic rings. The summed E-state index contributed by atoms with van der Waals surface area (Å²) in [6.07, 6.45) is 3.67. The molecule has 0 atom stereocenters. The Morgan fingerprint density at radius 1 is 0.889 bits per heavy atom. The number of thiophene rings is 1. The summed E-state index contributed by atoms with van der Waals surface area (Å²) in [5, 5.41) is 3.32. The summed E-state index contributed by atoms with van der Waals surface area (Å²) in [7, 11) is 0. The second-order valence-corrected chi connectivity index (χ2v) is 5.61. The molecule has 4 heterocycles. The molecule has 0 N–H and O–H groups in total. The number of hydrogen-bond donors (Lipinski definition) is 0. The molecule has 0 saturated carbocycles. The number of hydrogen-bond acceptors (Lipinski definition) is 5. The van der Waals surface area contributed by atoms with Gasteiger partial charge in [0, 0.05) is 18.0 Å². The highest BCUT2D eigenvalue weighted by Gasteiger charge is 2.11. The van der Waals surface area contributed by atoms with Gasteiger partial charge in [0.1, 0.15) is 10.3 Å². The maximum Gasteiger partial charge on any atom is 0.143 e. The maximum absolute atomic E-state index is 4.53. The van der Waals surface area contributed by atoms with Crippen LogP contribution in [0.5, 0.6) is 0 Å². The van der Waals surface area contributed by atoms with Gasteiger partial charge in [-0.25, -0.2) is 9.97 Å². The minimum Gasteiger partial charge on any atom is -0.255 e. The van der Waals surface area contributed by atoms with Gasteiger partial charge in [-0.15, -0.1) is 22.7 Å². The molecule has 4 aromatic rings. The van der Waals surface area contributed by atoms with Crippen LogP contribution in [0.1, 0.15) is 0 Å². The highest BCUT2D eigenvalue weighted by Crippen LogP contribution is 2.34. The monoisotopic (exact) mass is 269 g/mol. The first-order valence-electron chi connectivity index (χ1n) is 5.44. The molecule has 4 aromatic heterocycles. The molecule has 18 heavy (non-hydrogen) atoms. The van der Waals surface area contributed by atoms with Gasteiger partial charge in [0.05, 0.1) is 15.9 Å². The van der Waals surface area contributed by atoms with E-state index in [1.807, 2.05) is 30.0 Å². The first-order chi connectivity index (χ1) is 8.93. The lowest BCUT2D eigenvalue weighted by Gasteiger charge is -2.02. The van der Waals surface area contributed by atoms with Gasteiger partial charge in [-0.05, 0) is 29.0 Å². The fourth-order valence-electron chi connectivity index (χ4n) is 2.05. The summed E-state index contributed by atoms with van der Waals surface area (Å²) < 4.78 is 1.21. The van der Waals surface area contributed by atoms with Gasteiger partial charge in [0.15, 0.2) is 0 Å². The number of nitrogens with zero attached hydrogens (tertiary/aromatic N) is 3. The Morgan fingerprint density at radius 3 is 2.83 bits per heavy atom. The zero-order chi connectivity index (χ0) is 11.9. The minimum atomic E-state index is 0.941. The summed E-state index contributed by atoms with van der Waals surface area (Å²) in [6.45, 7) is 0. The van der Waals surface area contributed by atoms with E-state index in [1.165, 1.54) is 10.1 Å². The third-order valence-electron chi connectivity index (χ3n) is 2.86. The smallest absolute Gasteiger partial charge is 0.143 e. The average Bonchev–Trinajstić information content (AvgIpc) is 3.06. The third-order valence-corrected chi connectivity index (χ3v) is 4.53. The van der Waals surface area contributed by atoms with Crippen LogP contribution in [0.15, 0.2) is 41.5 Å². The van der Waals surface area contributed by atoms with Crippen molar-refractivity contribution in [2.24, 2.45) is 0 Å². The predicted octanol–water partition coefficient (Wildman–Crippen LogP) is 3.97. The molecule has 3 nitrogen and oxygen atoms in total. The average molecular weight is 269 g/mol. The van der Waals surface area contributed by atoms with E-state index < -0.39 is 0 Å². The number of thiazole rings is 1. The molecule has 0 saturated heterocycles. The summed E-state index contributed by atoms with van der Waals surface area (Å²) in [5.41, 5.74) is 4.83. The topological polar surface area (TPSA) is 38.7 Å². The number of pyridine rings is 2. The van der Waals surface area contributed by atoms with E-state index in [0.717, 1.165) is 21.6 Å². The molecule has 0 radical (unpaired) electrons. The maximum atomic E-state index is 4.53. The largest absolute Gasteiger partial charge is 0.255 e. The van der Waals surface area contributed by atoms with Crippen LogP contribution in [0.3, 0.4) is 0 Å². The molecule has 0 unspecified atom stereocenters. The lowest BCUT2D eigenvalue weighted by Crippen LogP contribution is -1.86. The van der Waals surface area contributed by atoms with Gasteiger partial charge in [-0.1, -0.05) is 0 Å². The number of rotatable bonds is 1. The second kappa shape index (κ2) is 3.83. The fraction of sp³-hybridized carbons (Fsp3) is 0. The van der Waals surface area contributed by atoms with Gasteiger partial charge in [0.2, 0.25) is 0 Å². The lowest BCUT2D eigenvalue weighted by atomic mass is 10.1. The highest BCUT2D eigenvalue weighted by atomic mass is 32.1. The van der Waals surface area contributed by atoms with Crippen molar-refractivity contribution in [3.8, 4) is 11.3 Å². The van der Waals surface area contributed by atoms with E-state index in [0.29, 0.717) is 0 Å². The van der Waals surface area contributed by atoms with E-state index in [2.05, 4.69) is 26.4 Å². The molecule has 0 bridgehead atoms. The zero-order valence-electron chi connectivity index (χ0n) is 9.20. The van der Waals surface area contributed by atoms with Crippen molar-refractivity contribution in [1.82, 2.24) is 15.0 Å². The molecule has 0 aromatic carbocycles. The molecule has 4 rings (SSSR count). The summed E-state index contributed by atoms with van der Waals surface area (Å²) in [4.78, 5) is 14.2. The predicted molar refractivity (Wildman–Crippen MR) is 76.0 cm³/mol. The van der Waals surface area contributed by atoms with Crippen molar-refractivity contribution in [3.63, 3.8) is 0 Å². The van der Waals surface area contributed by atoms with Crippen LogP contribution < -0.4 is 0 Å². The summed E-state index contributed by atoms with van der Waals surface area (Å²) in [6, 6.07) is 6.14. The van der Waals surface area contributed by atoms with Crippen molar-refractivity contribution in [2.45, 2.75) is 0 Å². The normalized spacial score (nSPS) is 11.3. The SMILES string of the molecule is c1cc2ccsc2c(-c2ccnc3scnc23)n1. The molecule has 0 fully saturated rings. The lowest BCUT2D eigenvalue weighted by molar-refractivity contribution is 1.34. The van der Waals surface area contributed by atoms with E-state index in [9.17, 15) is 0 Å². The van der Waals surface area contributed by atoms with Crippen molar-refractivity contribution >= 4 is 43.1 Å². The van der Waals surface area contributed by atoms with Gasteiger partial charge in [-0.2, -0.15) is 0 Å². The number of aromatic nitrogens is 3. The van der Waals surface area contributed by atoms with Crippen LogP contribution >= 0.6 is 22.7 Å². The first kappa shape index (κ1) is 10.1. The highest BCUT2D eigenvalue weighted by molar-refractivity contribution is 7.18. The van der Waals surface area contributed by atoms with Crippen LogP contribution in [0.2, 0.25) is 0 Å². The molecular formula is C13H7N3S2. The zero-order valence-corrected chi connectivity index (χ0v) is 10.8. The molecular weight excluding hydrogens is 262 g/mol. The van der Waals surface area contributed by atoms with Crippen molar-refractivity contribution in [2.75, 3.05) is 0 Å². The standard InChI is InChI=1S/C13H7N3S2/c1-4-14-10(12-8(1)3-6-17-12)9-2-5-15-13-11(9)16-7-18-13/h1-7H. The summed E-state index contributed by atoms with van der Waals surface area (Å²) >= 11 is 3.27. The Labute approximate surface area is 111 Å². The molecule has 0 amide bonds. The molecule has 86 valence electrons. The Hall–Kier alpha value is -1.85. The Balaban J connectivity index is 2.13. The number of fused-ring (bicyclic) bond motifs is 2. The Morgan fingerprint density at radius 2 is 1.83 bits per heavy atom. The third kappa shape index (κ3) is 1.38. The quantitative estimate of drug-likeness (QED) is 0.525. The van der Waals surface area contributed by atoms with Gasteiger partial charge in [0.25, 0.3) is 0 Å². The van der Waals surface area contributed by atoms with E-state index in [4.69, 9.17) is 0 Å².